The van der Waals surface area contributed by atoms with Gasteiger partial charge >= 0.3 is 6.09 Å². The molecule has 3 aliphatic rings. The number of likely N-dealkylation sites (tertiary alicyclic amines) is 1. The molecule has 1 aromatic heterocycles. The largest absolute Gasteiger partial charge is 0.493 e. The van der Waals surface area contributed by atoms with Crippen molar-refractivity contribution >= 4 is 17.4 Å². The summed E-state index contributed by atoms with van der Waals surface area (Å²) in [6.07, 6.45) is 7.25. The summed E-state index contributed by atoms with van der Waals surface area (Å²) in [6, 6.07) is 7.15. The maximum Gasteiger partial charge on any atom is 0.415 e. The van der Waals surface area contributed by atoms with Crippen LogP contribution < -0.4 is 19.9 Å². The molecule has 2 aliphatic heterocycles. The highest BCUT2D eigenvalue weighted by Crippen LogP contribution is 2.40. The van der Waals surface area contributed by atoms with Crippen molar-refractivity contribution in [2.75, 3.05) is 37.7 Å². The number of ether oxygens (including phenoxy) is 3. The minimum Gasteiger partial charge on any atom is -0.493 e. The van der Waals surface area contributed by atoms with Gasteiger partial charge in [0.15, 0.2) is 0 Å². The van der Waals surface area contributed by atoms with E-state index in [1.165, 1.54) is 6.07 Å². The maximum absolute atomic E-state index is 13.7. The van der Waals surface area contributed by atoms with Crippen LogP contribution in [-0.2, 0) is 11.3 Å². The van der Waals surface area contributed by atoms with Gasteiger partial charge in [0, 0.05) is 51.2 Å². The first-order valence-electron chi connectivity index (χ1n) is 13.3. The number of piperidine rings is 1. The summed E-state index contributed by atoms with van der Waals surface area (Å²) in [5.74, 6) is 1.47. The van der Waals surface area contributed by atoms with Crippen LogP contribution in [0.3, 0.4) is 0 Å². The number of aromatic nitrogens is 1. The zero-order valence-electron chi connectivity index (χ0n) is 21.9. The molecule has 3 heterocycles. The standard InChI is InChI=1S/C29H34FN3O5/c1-3-36-24-15-20(16-25(37-4-2)27(24)21-5-7-22(30)8-6-21)18-32-13-11-29(12-14-32)19-33(28(35)38-29)23-9-10-26(34)31-17-23/h5-7,9-10,15-17,22H,3-4,8,11-14,18-19H2,1-2H3,(H,31,34). The quantitative estimate of drug-likeness (QED) is 0.533. The fourth-order valence-corrected chi connectivity index (χ4v) is 5.37. The Balaban J connectivity index is 1.30. The lowest BCUT2D eigenvalue weighted by Gasteiger charge is -2.37. The third-order valence-corrected chi connectivity index (χ3v) is 7.29. The highest BCUT2D eigenvalue weighted by Gasteiger charge is 2.47. The van der Waals surface area contributed by atoms with Crippen molar-refractivity contribution in [1.82, 2.24) is 9.88 Å². The van der Waals surface area contributed by atoms with E-state index < -0.39 is 11.8 Å². The van der Waals surface area contributed by atoms with Gasteiger partial charge in [-0.05, 0) is 49.3 Å². The van der Waals surface area contributed by atoms with Crippen molar-refractivity contribution in [3.05, 3.63) is 70.2 Å². The van der Waals surface area contributed by atoms with Crippen molar-refractivity contribution in [1.29, 1.82) is 0 Å². The molecule has 0 saturated carbocycles. The summed E-state index contributed by atoms with van der Waals surface area (Å²) in [7, 11) is 0. The Morgan fingerprint density at radius 1 is 1.11 bits per heavy atom. The zero-order chi connectivity index (χ0) is 26.7. The fraction of sp³-hybridized carbons (Fsp3) is 0.448. The van der Waals surface area contributed by atoms with Crippen molar-refractivity contribution in [3.63, 3.8) is 0 Å². The number of halogens is 1. The first-order chi connectivity index (χ1) is 18.4. The molecule has 1 atom stereocenters. The van der Waals surface area contributed by atoms with Crippen LogP contribution in [0.4, 0.5) is 14.9 Å². The Kier molecular flexibility index (Phi) is 7.56. The van der Waals surface area contributed by atoms with Gasteiger partial charge in [0.25, 0.3) is 0 Å². The summed E-state index contributed by atoms with van der Waals surface area (Å²) in [5.41, 5.74) is 2.72. The van der Waals surface area contributed by atoms with Gasteiger partial charge in [-0.2, -0.15) is 0 Å². The van der Waals surface area contributed by atoms with Crippen LogP contribution >= 0.6 is 0 Å². The van der Waals surface area contributed by atoms with Gasteiger partial charge in [-0.15, -0.1) is 0 Å². The molecule has 2 fully saturated rings. The molecule has 1 amide bonds. The first kappa shape index (κ1) is 26.0. The Bertz CT molecular complexity index is 1250. The number of hydrogen-bond donors (Lipinski definition) is 1. The molecule has 1 aliphatic carbocycles. The van der Waals surface area contributed by atoms with Gasteiger partial charge < -0.3 is 19.2 Å². The molecule has 202 valence electrons. The Morgan fingerprint density at radius 3 is 2.39 bits per heavy atom. The van der Waals surface area contributed by atoms with Crippen LogP contribution in [0.15, 0.2) is 53.5 Å². The van der Waals surface area contributed by atoms with Gasteiger partial charge in [-0.25, -0.2) is 9.18 Å². The van der Waals surface area contributed by atoms with E-state index >= 15 is 0 Å². The molecule has 0 bridgehead atoms. The number of nitrogens with zero attached hydrogens (tertiary/aromatic N) is 2. The van der Waals surface area contributed by atoms with Crippen LogP contribution in [0.1, 0.15) is 44.2 Å². The Hall–Kier alpha value is -3.59. The predicted octanol–water partition coefficient (Wildman–Crippen LogP) is 4.85. The van der Waals surface area contributed by atoms with E-state index in [4.69, 9.17) is 14.2 Å². The third-order valence-electron chi connectivity index (χ3n) is 7.29. The first-order valence-corrected chi connectivity index (χ1v) is 13.3. The number of carbonyl (C=O) groups excluding carboxylic acids is 1. The second-order valence-electron chi connectivity index (χ2n) is 9.93. The molecule has 9 heteroatoms. The predicted molar refractivity (Wildman–Crippen MR) is 144 cm³/mol. The number of alkyl halides is 1. The minimum absolute atomic E-state index is 0.210. The molecule has 0 radical (unpaired) electrons. The van der Waals surface area contributed by atoms with Crippen LogP contribution in [0, 0.1) is 0 Å². The molecular formula is C29H34FN3O5. The molecule has 5 rings (SSSR count). The number of pyridine rings is 1. The van der Waals surface area contributed by atoms with Gasteiger partial charge in [-0.3, -0.25) is 14.6 Å². The highest BCUT2D eigenvalue weighted by atomic mass is 19.1. The Morgan fingerprint density at radius 2 is 1.82 bits per heavy atom. The monoisotopic (exact) mass is 523 g/mol. The smallest absolute Gasteiger partial charge is 0.415 e. The van der Waals surface area contributed by atoms with Crippen molar-refractivity contribution in [3.8, 4) is 11.5 Å². The second-order valence-corrected chi connectivity index (χ2v) is 9.93. The summed E-state index contributed by atoms with van der Waals surface area (Å²) >= 11 is 0. The van der Waals surface area contributed by atoms with Crippen molar-refractivity contribution in [2.24, 2.45) is 0 Å². The van der Waals surface area contributed by atoms with E-state index in [-0.39, 0.29) is 11.7 Å². The van der Waals surface area contributed by atoms with E-state index in [9.17, 15) is 14.0 Å². The topological polar surface area (TPSA) is 84.1 Å². The van der Waals surface area contributed by atoms with Crippen molar-refractivity contribution in [2.45, 2.75) is 51.4 Å². The van der Waals surface area contributed by atoms with Gasteiger partial charge in [0.1, 0.15) is 23.3 Å². The molecule has 8 nitrogen and oxygen atoms in total. The number of aromatic amines is 1. The van der Waals surface area contributed by atoms with E-state index in [0.29, 0.717) is 38.4 Å². The number of nitrogens with one attached hydrogen (secondary N) is 1. The normalized spacial score (nSPS) is 20.9. The molecule has 1 N–H and O–H groups in total. The zero-order valence-corrected chi connectivity index (χ0v) is 21.9. The number of benzene rings is 1. The molecular weight excluding hydrogens is 489 g/mol. The molecule has 38 heavy (non-hydrogen) atoms. The number of rotatable bonds is 8. The van der Waals surface area contributed by atoms with E-state index in [2.05, 4.69) is 22.0 Å². The van der Waals surface area contributed by atoms with Gasteiger partial charge in [0.2, 0.25) is 5.56 Å². The van der Waals surface area contributed by atoms with Crippen LogP contribution in [-0.4, -0.2) is 60.6 Å². The van der Waals surface area contributed by atoms with Crippen LogP contribution in [0.2, 0.25) is 0 Å². The lowest BCUT2D eigenvalue weighted by Crippen LogP contribution is -2.46. The summed E-state index contributed by atoms with van der Waals surface area (Å²) in [6.45, 7) is 7.62. The molecule has 1 unspecified atom stereocenters. The second kappa shape index (κ2) is 11.0. The summed E-state index contributed by atoms with van der Waals surface area (Å²) < 4.78 is 31.6. The number of carbonyl (C=O) groups is 1. The van der Waals surface area contributed by atoms with Gasteiger partial charge in [0.05, 0.1) is 31.0 Å². The maximum atomic E-state index is 13.7. The van der Waals surface area contributed by atoms with E-state index in [1.807, 2.05) is 19.9 Å². The van der Waals surface area contributed by atoms with Crippen molar-refractivity contribution < 1.29 is 23.4 Å². The number of anilines is 1. The number of amides is 1. The lowest BCUT2D eigenvalue weighted by molar-refractivity contribution is -0.00101. The molecule has 2 saturated heterocycles. The van der Waals surface area contributed by atoms with Crippen LogP contribution in [0.25, 0.3) is 5.57 Å². The van der Waals surface area contributed by atoms with E-state index in [1.54, 1.807) is 29.3 Å². The third kappa shape index (κ3) is 5.48. The number of H-pyrrole nitrogens is 1. The lowest BCUT2D eigenvalue weighted by atomic mass is 9.90. The summed E-state index contributed by atoms with van der Waals surface area (Å²) in [5, 5.41) is 0. The SMILES string of the molecule is CCOc1cc(CN2CCC3(CC2)CN(c2ccc(=O)[nH]c2)C(=O)O3)cc(OCC)c1C1=CCC(F)C=C1. The number of allylic oxidation sites excluding steroid dienone is 4. The minimum atomic E-state index is -0.963. The molecule has 1 aromatic carbocycles. The van der Waals surface area contributed by atoms with Gasteiger partial charge in [-0.1, -0.05) is 12.2 Å². The average molecular weight is 524 g/mol. The number of hydrogen-bond acceptors (Lipinski definition) is 6. The fourth-order valence-electron chi connectivity index (χ4n) is 5.37. The molecule has 1 spiro atoms. The van der Waals surface area contributed by atoms with Crippen LogP contribution in [0.5, 0.6) is 11.5 Å². The Labute approximate surface area is 221 Å². The average Bonchev–Trinajstić information content (AvgIpc) is 3.22. The highest BCUT2D eigenvalue weighted by molar-refractivity contribution is 5.90. The van der Waals surface area contributed by atoms with E-state index in [0.717, 1.165) is 54.1 Å². The molecule has 2 aromatic rings. The summed E-state index contributed by atoms with van der Waals surface area (Å²) in [4.78, 5) is 30.6.